The molecule has 0 amide bonds. The molecule has 3 rings (SSSR count). The first-order chi connectivity index (χ1) is 13.5. The predicted molar refractivity (Wildman–Crippen MR) is 108 cm³/mol. The van der Waals surface area contributed by atoms with Gasteiger partial charge in [-0.1, -0.05) is 59.7 Å². The van der Waals surface area contributed by atoms with E-state index in [4.69, 9.17) is 9.47 Å². The van der Waals surface area contributed by atoms with Crippen molar-refractivity contribution in [3.05, 3.63) is 101 Å². The Kier molecular flexibility index (Phi) is 6.22. The number of hydrogen-bond acceptors (Lipinski definition) is 4. The fourth-order valence-electron chi connectivity index (χ4n) is 2.58. The first-order valence-electron chi connectivity index (χ1n) is 9.07. The molecule has 0 spiro atoms. The summed E-state index contributed by atoms with van der Waals surface area (Å²) in [7, 11) is 0. The first-order valence-corrected chi connectivity index (χ1v) is 9.07. The number of Topliss-reactive ketones (excluding diaryl/α,β-unsaturated/α-hetero) is 1. The van der Waals surface area contributed by atoms with Crippen LogP contribution < -0.4 is 4.74 Å². The molecule has 142 valence electrons. The standard InChI is InChI=1S/C24H22O4/c1-17-3-9-20(10-4-17)23(25)16-28-24(26)21-11-7-19(8-12-21)15-27-22-13-5-18(2)6-14-22/h3-14H,15-16H2,1-2H3. The van der Waals surface area contributed by atoms with Crippen molar-refractivity contribution in [2.75, 3.05) is 6.61 Å². The van der Waals surface area contributed by atoms with Gasteiger partial charge in [-0.3, -0.25) is 4.79 Å². The number of benzene rings is 3. The van der Waals surface area contributed by atoms with Gasteiger partial charge in [0.1, 0.15) is 12.4 Å². The van der Waals surface area contributed by atoms with Gasteiger partial charge in [-0.15, -0.1) is 0 Å². The van der Waals surface area contributed by atoms with Gasteiger partial charge in [0, 0.05) is 5.56 Å². The van der Waals surface area contributed by atoms with Crippen molar-refractivity contribution in [2.45, 2.75) is 20.5 Å². The Labute approximate surface area is 164 Å². The Morgan fingerprint density at radius 1 is 0.714 bits per heavy atom. The molecule has 0 atom stereocenters. The molecule has 28 heavy (non-hydrogen) atoms. The van der Waals surface area contributed by atoms with Crippen molar-refractivity contribution < 1.29 is 19.1 Å². The summed E-state index contributed by atoms with van der Waals surface area (Å²) in [6, 6.07) is 22.0. The summed E-state index contributed by atoms with van der Waals surface area (Å²) in [4.78, 5) is 24.2. The van der Waals surface area contributed by atoms with Gasteiger partial charge >= 0.3 is 5.97 Å². The number of esters is 1. The van der Waals surface area contributed by atoms with Crippen molar-refractivity contribution in [1.29, 1.82) is 0 Å². The monoisotopic (exact) mass is 374 g/mol. The maximum absolute atomic E-state index is 12.2. The van der Waals surface area contributed by atoms with E-state index in [2.05, 4.69) is 0 Å². The molecule has 4 nitrogen and oxygen atoms in total. The molecule has 0 heterocycles. The van der Waals surface area contributed by atoms with Crippen LogP contribution in [-0.2, 0) is 11.3 Å². The zero-order chi connectivity index (χ0) is 19.9. The molecule has 0 radical (unpaired) electrons. The van der Waals surface area contributed by atoms with Gasteiger partial charge in [0.2, 0.25) is 0 Å². The van der Waals surface area contributed by atoms with Crippen molar-refractivity contribution in [3.63, 3.8) is 0 Å². The summed E-state index contributed by atoms with van der Waals surface area (Å²) in [6.07, 6.45) is 0. The number of carbonyl (C=O) groups excluding carboxylic acids is 2. The van der Waals surface area contributed by atoms with E-state index in [1.165, 1.54) is 5.56 Å². The fraction of sp³-hybridized carbons (Fsp3) is 0.167. The Morgan fingerprint density at radius 3 is 1.86 bits per heavy atom. The molecular weight excluding hydrogens is 352 g/mol. The molecule has 0 aliphatic heterocycles. The van der Waals surface area contributed by atoms with E-state index in [1.54, 1.807) is 24.3 Å². The van der Waals surface area contributed by atoms with E-state index < -0.39 is 5.97 Å². The molecule has 0 aliphatic carbocycles. The molecule has 0 unspecified atom stereocenters. The summed E-state index contributed by atoms with van der Waals surface area (Å²) in [5.74, 6) is 0.0478. The average Bonchev–Trinajstić information content (AvgIpc) is 2.72. The van der Waals surface area contributed by atoms with Crippen LogP contribution in [0.4, 0.5) is 0 Å². The number of rotatable bonds is 7. The SMILES string of the molecule is Cc1ccc(OCc2ccc(C(=O)OCC(=O)c3ccc(C)cc3)cc2)cc1. The van der Waals surface area contributed by atoms with Crippen LogP contribution in [0.1, 0.15) is 37.4 Å². The molecule has 0 saturated carbocycles. The maximum Gasteiger partial charge on any atom is 0.338 e. The first kappa shape index (κ1) is 19.4. The van der Waals surface area contributed by atoms with Crippen molar-refractivity contribution in [2.24, 2.45) is 0 Å². The zero-order valence-corrected chi connectivity index (χ0v) is 16.0. The lowest BCUT2D eigenvalue weighted by atomic mass is 10.1. The van der Waals surface area contributed by atoms with Gasteiger partial charge < -0.3 is 9.47 Å². The van der Waals surface area contributed by atoms with E-state index in [-0.39, 0.29) is 12.4 Å². The number of hydrogen-bond donors (Lipinski definition) is 0. The van der Waals surface area contributed by atoms with E-state index in [9.17, 15) is 9.59 Å². The highest BCUT2D eigenvalue weighted by atomic mass is 16.5. The maximum atomic E-state index is 12.2. The van der Waals surface area contributed by atoms with Gasteiger partial charge in [-0.25, -0.2) is 4.79 Å². The Morgan fingerprint density at radius 2 is 1.25 bits per heavy atom. The topological polar surface area (TPSA) is 52.6 Å². The summed E-state index contributed by atoms with van der Waals surface area (Å²) in [6.45, 7) is 4.10. The molecule has 0 aromatic heterocycles. The van der Waals surface area contributed by atoms with Crippen molar-refractivity contribution in [3.8, 4) is 5.75 Å². The van der Waals surface area contributed by atoms with Crippen LogP contribution in [0.15, 0.2) is 72.8 Å². The normalized spacial score (nSPS) is 10.4. The lowest BCUT2D eigenvalue weighted by molar-refractivity contribution is 0.0474. The number of carbonyl (C=O) groups is 2. The minimum Gasteiger partial charge on any atom is -0.489 e. The average molecular weight is 374 g/mol. The molecule has 3 aromatic rings. The third kappa shape index (κ3) is 5.30. The highest BCUT2D eigenvalue weighted by Crippen LogP contribution is 2.14. The molecule has 0 aliphatic rings. The number of ketones is 1. The van der Waals surface area contributed by atoms with Gasteiger partial charge in [-0.2, -0.15) is 0 Å². The molecule has 0 fully saturated rings. The van der Waals surface area contributed by atoms with E-state index in [1.807, 2.05) is 62.4 Å². The van der Waals surface area contributed by atoms with Crippen LogP contribution in [0, 0.1) is 13.8 Å². The summed E-state index contributed by atoms with van der Waals surface area (Å²) in [5.41, 5.74) is 4.11. The van der Waals surface area contributed by atoms with Gasteiger partial charge in [-0.05, 0) is 43.7 Å². The lowest BCUT2D eigenvalue weighted by Gasteiger charge is -2.08. The van der Waals surface area contributed by atoms with Crippen LogP contribution in [0.3, 0.4) is 0 Å². The minimum absolute atomic E-state index is 0.225. The largest absolute Gasteiger partial charge is 0.489 e. The lowest BCUT2D eigenvalue weighted by Crippen LogP contribution is -2.14. The van der Waals surface area contributed by atoms with Crippen LogP contribution in [0.25, 0.3) is 0 Å². The van der Waals surface area contributed by atoms with Gasteiger partial charge in [0.15, 0.2) is 12.4 Å². The summed E-state index contributed by atoms with van der Waals surface area (Å²) < 4.78 is 10.9. The third-order valence-corrected chi connectivity index (χ3v) is 4.32. The zero-order valence-electron chi connectivity index (χ0n) is 16.0. The van der Waals surface area contributed by atoms with E-state index in [0.29, 0.717) is 17.7 Å². The van der Waals surface area contributed by atoms with Crippen LogP contribution in [0.2, 0.25) is 0 Å². The molecule has 0 bridgehead atoms. The third-order valence-electron chi connectivity index (χ3n) is 4.32. The highest BCUT2D eigenvalue weighted by molar-refractivity contribution is 5.99. The predicted octanol–water partition coefficient (Wildman–Crippen LogP) is 4.92. The van der Waals surface area contributed by atoms with Gasteiger partial charge in [0.25, 0.3) is 0 Å². The van der Waals surface area contributed by atoms with Gasteiger partial charge in [0.05, 0.1) is 5.56 Å². The Balaban J connectivity index is 1.51. The van der Waals surface area contributed by atoms with Crippen molar-refractivity contribution >= 4 is 11.8 Å². The van der Waals surface area contributed by atoms with E-state index >= 15 is 0 Å². The fourth-order valence-corrected chi connectivity index (χ4v) is 2.58. The second-order valence-electron chi connectivity index (χ2n) is 6.66. The van der Waals surface area contributed by atoms with E-state index in [0.717, 1.165) is 16.9 Å². The molecule has 0 saturated heterocycles. The smallest absolute Gasteiger partial charge is 0.338 e. The Hall–Kier alpha value is -3.40. The van der Waals surface area contributed by atoms with Crippen LogP contribution in [-0.4, -0.2) is 18.4 Å². The van der Waals surface area contributed by atoms with Crippen LogP contribution >= 0.6 is 0 Å². The molecular formula is C24H22O4. The number of ether oxygens (including phenoxy) is 2. The second-order valence-corrected chi connectivity index (χ2v) is 6.66. The Bertz CT molecular complexity index is 939. The summed E-state index contributed by atoms with van der Waals surface area (Å²) >= 11 is 0. The second kappa shape index (κ2) is 9.00. The molecule has 4 heteroatoms. The van der Waals surface area contributed by atoms with Crippen LogP contribution in [0.5, 0.6) is 5.75 Å². The van der Waals surface area contributed by atoms with Crippen molar-refractivity contribution in [1.82, 2.24) is 0 Å². The highest BCUT2D eigenvalue weighted by Gasteiger charge is 2.12. The molecule has 3 aromatic carbocycles. The number of aryl methyl sites for hydroxylation is 2. The summed E-state index contributed by atoms with van der Waals surface area (Å²) in [5, 5.41) is 0. The minimum atomic E-state index is -0.522. The molecule has 0 N–H and O–H groups in total. The quantitative estimate of drug-likeness (QED) is 0.435.